The fourth-order valence-electron chi connectivity index (χ4n) is 2.58. The summed E-state index contributed by atoms with van der Waals surface area (Å²) >= 11 is 0. The Morgan fingerprint density at radius 1 is 1.30 bits per heavy atom. The summed E-state index contributed by atoms with van der Waals surface area (Å²) in [7, 11) is 2.05. The Hall–Kier alpha value is -2.49. The molecule has 3 aromatic rings. The standard InChI is InChI=1S/C16H18N4/c1-11-7-13(17)9-19-16(11)20(2)10-12-8-18-15-6-4-3-5-14(12)15/h3-9,18H,10,17H2,1-2H3. The fourth-order valence-corrected chi connectivity index (χ4v) is 2.58. The van der Waals surface area contributed by atoms with E-state index in [1.165, 1.54) is 10.9 Å². The average Bonchev–Trinajstić information content (AvgIpc) is 2.82. The summed E-state index contributed by atoms with van der Waals surface area (Å²) in [6, 6.07) is 10.3. The van der Waals surface area contributed by atoms with E-state index in [9.17, 15) is 0 Å². The van der Waals surface area contributed by atoms with Crippen LogP contribution in [0.15, 0.2) is 42.7 Å². The molecule has 0 radical (unpaired) electrons. The second-order valence-corrected chi connectivity index (χ2v) is 5.12. The van der Waals surface area contributed by atoms with Crippen LogP contribution in [-0.4, -0.2) is 17.0 Å². The van der Waals surface area contributed by atoms with Crippen molar-refractivity contribution in [2.75, 3.05) is 17.7 Å². The first-order chi connectivity index (χ1) is 9.65. The van der Waals surface area contributed by atoms with Gasteiger partial charge in [-0.05, 0) is 30.2 Å². The van der Waals surface area contributed by atoms with Gasteiger partial charge in [-0.2, -0.15) is 0 Å². The van der Waals surface area contributed by atoms with Crippen molar-refractivity contribution in [3.8, 4) is 0 Å². The molecule has 0 amide bonds. The molecule has 0 saturated carbocycles. The molecule has 0 aliphatic carbocycles. The SMILES string of the molecule is Cc1cc(N)cnc1N(C)Cc1c[nH]c2ccccc12. The third kappa shape index (κ3) is 2.20. The smallest absolute Gasteiger partial charge is 0.131 e. The van der Waals surface area contributed by atoms with Gasteiger partial charge in [0, 0.05) is 30.7 Å². The molecular weight excluding hydrogens is 248 g/mol. The van der Waals surface area contributed by atoms with Crippen molar-refractivity contribution >= 4 is 22.4 Å². The number of nitrogens with one attached hydrogen (secondary N) is 1. The van der Waals surface area contributed by atoms with E-state index >= 15 is 0 Å². The number of anilines is 2. The molecule has 0 unspecified atom stereocenters. The van der Waals surface area contributed by atoms with E-state index in [0.717, 1.165) is 23.4 Å². The Bertz CT molecular complexity index is 745. The van der Waals surface area contributed by atoms with Gasteiger partial charge < -0.3 is 15.6 Å². The number of benzene rings is 1. The van der Waals surface area contributed by atoms with Crippen LogP contribution >= 0.6 is 0 Å². The number of nitrogen functional groups attached to an aromatic ring is 1. The van der Waals surface area contributed by atoms with E-state index in [1.807, 2.05) is 26.1 Å². The molecule has 3 rings (SSSR count). The number of rotatable bonds is 3. The van der Waals surface area contributed by atoms with Gasteiger partial charge >= 0.3 is 0 Å². The average molecular weight is 266 g/mol. The van der Waals surface area contributed by atoms with E-state index in [2.05, 4.69) is 39.3 Å². The maximum atomic E-state index is 5.75. The van der Waals surface area contributed by atoms with Crippen LogP contribution < -0.4 is 10.6 Å². The normalized spacial score (nSPS) is 10.9. The highest BCUT2D eigenvalue weighted by molar-refractivity contribution is 5.83. The number of H-pyrrole nitrogens is 1. The van der Waals surface area contributed by atoms with Gasteiger partial charge in [-0.1, -0.05) is 18.2 Å². The molecule has 102 valence electrons. The van der Waals surface area contributed by atoms with Gasteiger partial charge in [0.1, 0.15) is 5.82 Å². The first-order valence-electron chi connectivity index (χ1n) is 6.63. The van der Waals surface area contributed by atoms with Crippen molar-refractivity contribution < 1.29 is 0 Å². The van der Waals surface area contributed by atoms with Crippen LogP contribution in [0.3, 0.4) is 0 Å². The summed E-state index contributed by atoms with van der Waals surface area (Å²) in [5, 5.41) is 1.26. The number of pyridine rings is 1. The minimum atomic E-state index is 0.701. The van der Waals surface area contributed by atoms with Crippen LogP contribution in [-0.2, 0) is 6.54 Å². The predicted molar refractivity (Wildman–Crippen MR) is 83.8 cm³/mol. The molecule has 4 heteroatoms. The van der Waals surface area contributed by atoms with E-state index in [-0.39, 0.29) is 0 Å². The van der Waals surface area contributed by atoms with E-state index in [1.54, 1.807) is 6.20 Å². The maximum absolute atomic E-state index is 5.75. The lowest BCUT2D eigenvalue weighted by atomic mass is 10.1. The third-order valence-corrected chi connectivity index (χ3v) is 3.52. The zero-order valence-corrected chi connectivity index (χ0v) is 11.7. The quantitative estimate of drug-likeness (QED) is 0.766. The van der Waals surface area contributed by atoms with Gasteiger partial charge in [-0.25, -0.2) is 4.98 Å². The minimum absolute atomic E-state index is 0.701. The van der Waals surface area contributed by atoms with Crippen molar-refractivity contribution in [1.82, 2.24) is 9.97 Å². The largest absolute Gasteiger partial charge is 0.397 e. The summed E-state index contributed by atoms with van der Waals surface area (Å²) in [5.74, 6) is 0.962. The van der Waals surface area contributed by atoms with Crippen LogP contribution in [0.5, 0.6) is 0 Å². The van der Waals surface area contributed by atoms with Crippen LogP contribution in [0.25, 0.3) is 10.9 Å². The number of aromatic nitrogens is 2. The topological polar surface area (TPSA) is 57.9 Å². The Kier molecular flexibility index (Phi) is 3.06. The first kappa shape index (κ1) is 12.5. The van der Waals surface area contributed by atoms with Crippen molar-refractivity contribution in [2.24, 2.45) is 0 Å². The minimum Gasteiger partial charge on any atom is -0.397 e. The number of nitrogens with two attached hydrogens (primary N) is 1. The van der Waals surface area contributed by atoms with Gasteiger partial charge in [0.05, 0.1) is 11.9 Å². The Balaban J connectivity index is 1.90. The third-order valence-electron chi connectivity index (χ3n) is 3.52. The molecule has 2 heterocycles. The first-order valence-corrected chi connectivity index (χ1v) is 6.63. The second kappa shape index (κ2) is 4.89. The molecule has 3 N–H and O–H groups in total. The molecule has 0 bridgehead atoms. The van der Waals surface area contributed by atoms with Gasteiger partial charge in [-0.15, -0.1) is 0 Å². The lowest BCUT2D eigenvalue weighted by Gasteiger charge is -2.20. The zero-order valence-electron chi connectivity index (χ0n) is 11.7. The highest BCUT2D eigenvalue weighted by atomic mass is 15.2. The fraction of sp³-hybridized carbons (Fsp3) is 0.188. The molecule has 0 aliphatic rings. The summed E-state index contributed by atoms with van der Waals surface area (Å²) in [5.41, 5.74) is 9.97. The molecule has 2 aromatic heterocycles. The molecule has 0 aliphatic heterocycles. The molecule has 0 atom stereocenters. The van der Waals surface area contributed by atoms with Gasteiger partial charge in [0.15, 0.2) is 0 Å². The van der Waals surface area contributed by atoms with Crippen molar-refractivity contribution in [2.45, 2.75) is 13.5 Å². The van der Waals surface area contributed by atoms with Crippen molar-refractivity contribution in [3.05, 3.63) is 53.9 Å². The lowest BCUT2D eigenvalue weighted by molar-refractivity contribution is 0.897. The van der Waals surface area contributed by atoms with Crippen molar-refractivity contribution in [1.29, 1.82) is 0 Å². The number of aryl methyl sites for hydroxylation is 1. The van der Waals surface area contributed by atoms with Crippen LogP contribution in [0, 0.1) is 6.92 Å². The Labute approximate surface area is 118 Å². The summed E-state index contributed by atoms with van der Waals surface area (Å²) < 4.78 is 0. The number of hydrogen-bond donors (Lipinski definition) is 2. The van der Waals surface area contributed by atoms with E-state index in [4.69, 9.17) is 5.73 Å². The highest BCUT2D eigenvalue weighted by Crippen LogP contribution is 2.23. The van der Waals surface area contributed by atoms with Crippen LogP contribution in [0.2, 0.25) is 0 Å². The highest BCUT2D eigenvalue weighted by Gasteiger charge is 2.10. The number of fused-ring (bicyclic) bond motifs is 1. The Morgan fingerprint density at radius 3 is 2.90 bits per heavy atom. The monoisotopic (exact) mass is 266 g/mol. The van der Waals surface area contributed by atoms with Gasteiger partial charge in [0.25, 0.3) is 0 Å². The molecule has 20 heavy (non-hydrogen) atoms. The summed E-state index contributed by atoms with van der Waals surface area (Å²) in [4.78, 5) is 9.87. The maximum Gasteiger partial charge on any atom is 0.131 e. The number of para-hydroxylation sites is 1. The Morgan fingerprint density at radius 2 is 2.10 bits per heavy atom. The molecule has 0 fully saturated rings. The van der Waals surface area contributed by atoms with Crippen molar-refractivity contribution in [3.63, 3.8) is 0 Å². The van der Waals surface area contributed by atoms with Crippen LogP contribution in [0.1, 0.15) is 11.1 Å². The van der Waals surface area contributed by atoms with Crippen LogP contribution in [0.4, 0.5) is 11.5 Å². The molecule has 4 nitrogen and oxygen atoms in total. The number of hydrogen-bond acceptors (Lipinski definition) is 3. The predicted octanol–water partition coefficient (Wildman–Crippen LogP) is 3.09. The van der Waals surface area contributed by atoms with Gasteiger partial charge in [-0.3, -0.25) is 0 Å². The number of aromatic amines is 1. The molecule has 1 aromatic carbocycles. The second-order valence-electron chi connectivity index (χ2n) is 5.12. The summed E-state index contributed by atoms with van der Waals surface area (Å²) in [6.45, 7) is 2.84. The zero-order chi connectivity index (χ0) is 14.1. The van der Waals surface area contributed by atoms with Gasteiger partial charge in [0.2, 0.25) is 0 Å². The molecule has 0 spiro atoms. The number of nitrogens with zero attached hydrogens (tertiary/aromatic N) is 2. The summed E-state index contributed by atoms with van der Waals surface area (Å²) in [6.07, 6.45) is 3.77. The van der Waals surface area contributed by atoms with E-state index in [0.29, 0.717) is 5.69 Å². The van der Waals surface area contributed by atoms with E-state index < -0.39 is 0 Å². The molecule has 0 saturated heterocycles. The lowest BCUT2D eigenvalue weighted by Crippen LogP contribution is -2.18. The molecular formula is C16H18N4.